The number of aryl methyl sites for hydroxylation is 2. The summed E-state index contributed by atoms with van der Waals surface area (Å²) >= 11 is 6.35. The summed E-state index contributed by atoms with van der Waals surface area (Å²) in [6, 6.07) is 12.0. The predicted octanol–water partition coefficient (Wildman–Crippen LogP) is 4.06. The number of H-pyrrole nitrogens is 1. The van der Waals surface area contributed by atoms with Crippen molar-refractivity contribution < 1.29 is 9.53 Å². The van der Waals surface area contributed by atoms with Gasteiger partial charge in [0.05, 0.1) is 18.8 Å². The van der Waals surface area contributed by atoms with E-state index in [2.05, 4.69) is 22.3 Å². The molecule has 1 amide bonds. The zero-order chi connectivity index (χ0) is 21.4. The highest BCUT2D eigenvalue weighted by Crippen LogP contribution is 2.28. The van der Waals surface area contributed by atoms with E-state index >= 15 is 0 Å². The first-order valence-corrected chi connectivity index (χ1v) is 11.1. The number of benzene rings is 1. The van der Waals surface area contributed by atoms with E-state index in [0.29, 0.717) is 25.4 Å². The van der Waals surface area contributed by atoms with Gasteiger partial charge in [0.2, 0.25) is 0 Å². The van der Waals surface area contributed by atoms with Crippen LogP contribution in [-0.4, -0.2) is 45.7 Å². The van der Waals surface area contributed by atoms with Crippen LogP contribution in [0.25, 0.3) is 0 Å². The molecule has 0 bridgehead atoms. The quantitative estimate of drug-likeness (QED) is 0.669. The SMILES string of the molecule is Cc1cc(Cc2ccccc2Cl)cc(C2CN(C(=O)c3n[nH]c4c3CCC4)CCO2)n1. The molecule has 3 aromatic rings. The molecule has 0 spiro atoms. The first-order valence-electron chi connectivity index (χ1n) is 10.8. The number of fused-ring (bicyclic) bond motifs is 1. The van der Waals surface area contributed by atoms with Gasteiger partial charge in [-0.3, -0.25) is 14.9 Å². The summed E-state index contributed by atoms with van der Waals surface area (Å²) in [7, 11) is 0. The molecule has 1 fully saturated rings. The van der Waals surface area contributed by atoms with E-state index in [4.69, 9.17) is 21.3 Å². The second-order valence-corrected chi connectivity index (χ2v) is 8.71. The van der Waals surface area contributed by atoms with Crippen molar-refractivity contribution in [2.24, 2.45) is 0 Å². The monoisotopic (exact) mass is 436 g/mol. The van der Waals surface area contributed by atoms with Crippen LogP contribution < -0.4 is 0 Å². The Bertz CT molecular complexity index is 1130. The number of hydrogen-bond acceptors (Lipinski definition) is 4. The summed E-state index contributed by atoms with van der Waals surface area (Å²) in [5, 5.41) is 8.11. The summed E-state index contributed by atoms with van der Waals surface area (Å²) in [5.41, 5.74) is 6.76. The Morgan fingerprint density at radius 3 is 3.03 bits per heavy atom. The molecule has 2 aliphatic rings. The van der Waals surface area contributed by atoms with Crippen LogP contribution in [-0.2, 0) is 24.0 Å². The molecule has 2 aromatic heterocycles. The van der Waals surface area contributed by atoms with Crippen molar-refractivity contribution in [3.8, 4) is 0 Å². The Hall–Kier alpha value is -2.70. The molecule has 1 aliphatic carbocycles. The number of morpholine rings is 1. The van der Waals surface area contributed by atoms with Crippen molar-refractivity contribution >= 4 is 17.5 Å². The van der Waals surface area contributed by atoms with Gasteiger partial charge < -0.3 is 9.64 Å². The maximum Gasteiger partial charge on any atom is 0.274 e. The molecule has 31 heavy (non-hydrogen) atoms. The van der Waals surface area contributed by atoms with Crippen molar-refractivity contribution in [1.29, 1.82) is 0 Å². The smallest absolute Gasteiger partial charge is 0.274 e. The largest absolute Gasteiger partial charge is 0.368 e. The van der Waals surface area contributed by atoms with Gasteiger partial charge in [-0.2, -0.15) is 5.10 Å². The fourth-order valence-corrected chi connectivity index (χ4v) is 4.76. The molecule has 0 radical (unpaired) electrons. The lowest BCUT2D eigenvalue weighted by Crippen LogP contribution is -2.43. The minimum Gasteiger partial charge on any atom is -0.368 e. The average molecular weight is 437 g/mol. The zero-order valence-corrected chi connectivity index (χ0v) is 18.3. The van der Waals surface area contributed by atoms with E-state index in [9.17, 15) is 4.79 Å². The van der Waals surface area contributed by atoms with Gasteiger partial charge in [-0.05, 0) is 61.9 Å². The Kier molecular flexibility index (Phi) is 5.50. The van der Waals surface area contributed by atoms with Gasteiger partial charge in [-0.25, -0.2) is 0 Å². The fourth-order valence-electron chi connectivity index (χ4n) is 4.56. The van der Waals surface area contributed by atoms with Crippen LogP contribution >= 0.6 is 11.6 Å². The molecule has 1 aromatic carbocycles. The highest BCUT2D eigenvalue weighted by Gasteiger charge is 2.31. The van der Waals surface area contributed by atoms with E-state index in [-0.39, 0.29) is 12.0 Å². The number of amides is 1. The number of carbonyl (C=O) groups is 1. The number of aromatic amines is 1. The molecule has 1 aliphatic heterocycles. The van der Waals surface area contributed by atoms with Gasteiger partial charge in [-0.1, -0.05) is 29.8 Å². The zero-order valence-electron chi connectivity index (χ0n) is 17.5. The summed E-state index contributed by atoms with van der Waals surface area (Å²) in [6.45, 7) is 3.51. The second-order valence-electron chi connectivity index (χ2n) is 8.30. The topological polar surface area (TPSA) is 71.1 Å². The van der Waals surface area contributed by atoms with Crippen LogP contribution in [0.1, 0.15) is 56.8 Å². The molecule has 5 rings (SSSR count). The molecule has 6 nitrogen and oxygen atoms in total. The van der Waals surface area contributed by atoms with Crippen LogP contribution in [0.2, 0.25) is 5.02 Å². The number of nitrogens with one attached hydrogen (secondary N) is 1. The number of ether oxygens (including phenoxy) is 1. The van der Waals surface area contributed by atoms with E-state index < -0.39 is 0 Å². The van der Waals surface area contributed by atoms with E-state index in [1.807, 2.05) is 36.1 Å². The lowest BCUT2D eigenvalue weighted by Gasteiger charge is -2.32. The van der Waals surface area contributed by atoms with Crippen molar-refractivity contribution in [3.05, 3.63) is 80.9 Å². The maximum absolute atomic E-state index is 13.2. The standard InChI is InChI=1S/C24H25ClN4O2/c1-15-11-16(12-17-5-2-3-7-19(17)25)13-21(26-15)22-14-29(9-10-31-22)24(30)23-18-6-4-8-20(18)27-28-23/h2-3,5,7,11,13,22H,4,6,8-10,12,14H2,1H3,(H,27,28). The first kappa shape index (κ1) is 20.2. The summed E-state index contributed by atoms with van der Waals surface area (Å²) < 4.78 is 6.03. The van der Waals surface area contributed by atoms with Crippen LogP contribution in [0.15, 0.2) is 36.4 Å². The minimum absolute atomic E-state index is 0.0170. The van der Waals surface area contributed by atoms with E-state index in [1.165, 1.54) is 0 Å². The average Bonchev–Trinajstić information content (AvgIpc) is 3.39. The summed E-state index contributed by atoms with van der Waals surface area (Å²) in [5.74, 6) is -0.0170. The number of hydrogen-bond donors (Lipinski definition) is 1. The number of aromatic nitrogens is 3. The molecule has 0 saturated carbocycles. The third-order valence-corrected chi connectivity index (χ3v) is 6.45. The lowest BCUT2D eigenvalue weighted by atomic mass is 10.0. The van der Waals surface area contributed by atoms with Gasteiger partial charge in [0.15, 0.2) is 5.69 Å². The predicted molar refractivity (Wildman–Crippen MR) is 118 cm³/mol. The highest BCUT2D eigenvalue weighted by atomic mass is 35.5. The highest BCUT2D eigenvalue weighted by molar-refractivity contribution is 6.31. The summed E-state index contributed by atoms with van der Waals surface area (Å²) in [6.07, 6.45) is 3.45. The van der Waals surface area contributed by atoms with Gasteiger partial charge >= 0.3 is 0 Å². The third-order valence-electron chi connectivity index (χ3n) is 6.08. The van der Waals surface area contributed by atoms with Gasteiger partial charge in [0.1, 0.15) is 6.10 Å². The molecular formula is C24H25ClN4O2. The van der Waals surface area contributed by atoms with Crippen molar-refractivity contribution in [3.63, 3.8) is 0 Å². The van der Waals surface area contributed by atoms with Gasteiger partial charge in [-0.15, -0.1) is 0 Å². The Morgan fingerprint density at radius 2 is 2.16 bits per heavy atom. The van der Waals surface area contributed by atoms with Crippen molar-refractivity contribution in [2.45, 2.75) is 38.7 Å². The first-order chi connectivity index (χ1) is 15.1. The van der Waals surface area contributed by atoms with Crippen LogP contribution in [0, 0.1) is 6.92 Å². The van der Waals surface area contributed by atoms with Crippen molar-refractivity contribution in [2.75, 3.05) is 19.7 Å². The van der Waals surface area contributed by atoms with E-state index in [0.717, 1.165) is 64.5 Å². The Labute approximate surface area is 186 Å². The molecule has 1 N–H and O–H groups in total. The van der Waals surface area contributed by atoms with Crippen LogP contribution in [0.5, 0.6) is 0 Å². The third kappa shape index (κ3) is 4.10. The summed E-state index contributed by atoms with van der Waals surface area (Å²) in [4.78, 5) is 19.7. The second kappa shape index (κ2) is 8.44. The Balaban J connectivity index is 1.35. The fraction of sp³-hybridized carbons (Fsp3) is 0.375. The Morgan fingerprint density at radius 1 is 1.29 bits per heavy atom. The molecule has 1 atom stereocenters. The number of carbonyl (C=O) groups excluding carboxylic acids is 1. The number of pyridine rings is 1. The minimum atomic E-state index is -0.255. The normalized spacial score (nSPS) is 18.3. The number of rotatable bonds is 4. The molecule has 3 heterocycles. The number of nitrogens with zero attached hydrogens (tertiary/aromatic N) is 3. The molecule has 1 unspecified atom stereocenters. The molecule has 7 heteroatoms. The van der Waals surface area contributed by atoms with Crippen LogP contribution in [0.3, 0.4) is 0 Å². The van der Waals surface area contributed by atoms with Crippen molar-refractivity contribution in [1.82, 2.24) is 20.1 Å². The maximum atomic E-state index is 13.2. The lowest BCUT2D eigenvalue weighted by molar-refractivity contribution is -0.0250. The molecule has 1 saturated heterocycles. The molecule has 160 valence electrons. The number of halogens is 1. The van der Waals surface area contributed by atoms with Crippen LogP contribution in [0.4, 0.5) is 0 Å². The van der Waals surface area contributed by atoms with Gasteiger partial charge in [0.25, 0.3) is 5.91 Å². The molecular weight excluding hydrogens is 412 g/mol. The van der Waals surface area contributed by atoms with Gasteiger partial charge in [0, 0.05) is 28.5 Å². The van der Waals surface area contributed by atoms with E-state index in [1.54, 1.807) is 0 Å².